The number of aromatic nitrogens is 2. The highest BCUT2D eigenvalue weighted by Crippen LogP contribution is 2.24. The zero-order valence-electron chi connectivity index (χ0n) is 9.98. The van der Waals surface area contributed by atoms with Gasteiger partial charge in [-0.3, -0.25) is 0 Å². The smallest absolute Gasteiger partial charge is 0.240 e. The minimum Gasteiger partial charge on any atom is -0.338 e. The van der Waals surface area contributed by atoms with Gasteiger partial charge >= 0.3 is 0 Å². The van der Waals surface area contributed by atoms with E-state index >= 15 is 0 Å². The highest BCUT2D eigenvalue weighted by molar-refractivity contribution is 9.09. The lowest BCUT2D eigenvalue weighted by Crippen LogP contribution is -1.92. The Balaban J connectivity index is 2.08. The summed E-state index contributed by atoms with van der Waals surface area (Å²) in [6.07, 6.45) is 1.65. The number of halogens is 1. The van der Waals surface area contributed by atoms with Crippen LogP contribution in [0, 0.1) is 6.92 Å². The fourth-order valence-corrected chi connectivity index (χ4v) is 1.72. The molecule has 0 aliphatic heterocycles. The number of hydrogen-bond donors (Lipinski definition) is 0. The SMILES string of the molecule is CCC(Br)c1nc(Cc2ccc(C)cc2)no1. The van der Waals surface area contributed by atoms with Crippen molar-refractivity contribution in [3.8, 4) is 0 Å². The first-order valence-electron chi connectivity index (χ1n) is 5.71. The van der Waals surface area contributed by atoms with E-state index in [1.54, 1.807) is 0 Å². The van der Waals surface area contributed by atoms with Crippen LogP contribution in [0.25, 0.3) is 0 Å². The van der Waals surface area contributed by atoms with E-state index in [-0.39, 0.29) is 4.83 Å². The van der Waals surface area contributed by atoms with E-state index in [0.29, 0.717) is 12.3 Å². The van der Waals surface area contributed by atoms with Crippen molar-refractivity contribution in [1.29, 1.82) is 0 Å². The molecule has 90 valence electrons. The molecule has 0 bridgehead atoms. The Morgan fingerprint density at radius 2 is 2.00 bits per heavy atom. The molecule has 1 heterocycles. The van der Waals surface area contributed by atoms with Gasteiger partial charge < -0.3 is 4.52 Å². The third-order valence-electron chi connectivity index (χ3n) is 2.59. The van der Waals surface area contributed by atoms with Gasteiger partial charge in [0.15, 0.2) is 5.82 Å². The van der Waals surface area contributed by atoms with Crippen molar-refractivity contribution in [2.75, 3.05) is 0 Å². The van der Waals surface area contributed by atoms with Crippen LogP contribution in [0.15, 0.2) is 28.8 Å². The van der Waals surface area contributed by atoms with Gasteiger partial charge in [-0.1, -0.05) is 57.8 Å². The molecular weight excluding hydrogens is 280 g/mol. The number of benzene rings is 1. The van der Waals surface area contributed by atoms with Crippen LogP contribution in [0.1, 0.15) is 41.0 Å². The molecule has 1 aromatic heterocycles. The fourth-order valence-electron chi connectivity index (χ4n) is 1.53. The molecule has 2 aromatic rings. The summed E-state index contributed by atoms with van der Waals surface area (Å²) in [7, 11) is 0. The van der Waals surface area contributed by atoms with Crippen LogP contribution >= 0.6 is 15.9 Å². The lowest BCUT2D eigenvalue weighted by atomic mass is 10.1. The predicted octanol–water partition coefficient (Wildman–Crippen LogP) is 3.81. The number of aryl methyl sites for hydroxylation is 1. The molecule has 0 N–H and O–H groups in total. The molecule has 0 saturated carbocycles. The molecule has 0 spiro atoms. The molecular formula is C13H15BrN2O. The van der Waals surface area contributed by atoms with Crippen molar-refractivity contribution in [3.63, 3.8) is 0 Å². The second kappa shape index (κ2) is 5.45. The van der Waals surface area contributed by atoms with Crippen LogP contribution in [0.3, 0.4) is 0 Å². The van der Waals surface area contributed by atoms with Gasteiger partial charge in [0.25, 0.3) is 0 Å². The molecule has 0 aliphatic carbocycles. The van der Waals surface area contributed by atoms with Gasteiger partial charge in [-0.25, -0.2) is 0 Å². The summed E-state index contributed by atoms with van der Waals surface area (Å²) in [6.45, 7) is 4.15. The van der Waals surface area contributed by atoms with Crippen molar-refractivity contribution in [2.24, 2.45) is 0 Å². The molecule has 17 heavy (non-hydrogen) atoms. The Kier molecular flexibility index (Phi) is 3.94. The largest absolute Gasteiger partial charge is 0.338 e. The molecule has 0 saturated heterocycles. The molecule has 0 aliphatic rings. The first kappa shape index (κ1) is 12.3. The summed E-state index contributed by atoms with van der Waals surface area (Å²) in [4.78, 5) is 4.53. The van der Waals surface area contributed by atoms with Crippen molar-refractivity contribution in [1.82, 2.24) is 10.1 Å². The quantitative estimate of drug-likeness (QED) is 0.805. The van der Waals surface area contributed by atoms with Crippen LogP contribution in [-0.4, -0.2) is 10.1 Å². The Hall–Kier alpha value is -1.16. The Bertz CT molecular complexity index is 478. The molecule has 0 radical (unpaired) electrons. The average molecular weight is 295 g/mol. The zero-order valence-corrected chi connectivity index (χ0v) is 11.6. The molecule has 1 aromatic carbocycles. The van der Waals surface area contributed by atoms with E-state index in [4.69, 9.17) is 4.52 Å². The maximum absolute atomic E-state index is 5.21. The first-order valence-corrected chi connectivity index (χ1v) is 6.62. The molecule has 0 amide bonds. The van der Waals surface area contributed by atoms with Gasteiger partial charge in [-0.05, 0) is 18.9 Å². The first-order chi connectivity index (χ1) is 8.19. The Labute approximate surface area is 109 Å². The Morgan fingerprint density at radius 3 is 2.65 bits per heavy atom. The van der Waals surface area contributed by atoms with Crippen LogP contribution in [-0.2, 0) is 6.42 Å². The summed E-state index contributed by atoms with van der Waals surface area (Å²) >= 11 is 3.50. The van der Waals surface area contributed by atoms with Crippen molar-refractivity contribution >= 4 is 15.9 Å². The van der Waals surface area contributed by atoms with E-state index in [0.717, 1.165) is 12.2 Å². The Morgan fingerprint density at radius 1 is 1.29 bits per heavy atom. The lowest BCUT2D eigenvalue weighted by molar-refractivity contribution is 0.372. The summed E-state index contributed by atoms with van der Waals surface area (Å²) in [6, 6.07) is 8.37. The molecule has 1 unspecified atom stereocenters. The third-order valence-corrected chi connectivity index (χ3v) is 3.63. The normalized spacial score (nSPS) is 12.6. The second-order valence-electron chi connectivity index (χ2n) is 4.09. The number of hydrogen-bond acceptors (Lipinski definition) is 3. The minimum absolute atomic E-state index is 0.154. The number of nitrogens with zero attached hydrogens (tertiary/aromatic N) is 2. The highest BCUT2D eigenvalue weighted by Gasteiger charge is 2.13. The average Bonchev–Trinajstić information content (AvgIpc) is 2.80. The van der Waals surface area contributed by atoms with E-state index < -0.39 is 0 Å². The van der Waals surface area contributed by atoms with Gasteiger partial charge in [0.2, 0.25) is 5.89 Å². The summed E-state index contributed by atoms with van der Waals surface area (Å²) in [5.41, 5.74) is 2.46. The van der Waals surface area contributed by atoms with E-state index in [2.05, 4.69) is 64.2 Å². The van der Waals surface area contributed by atoms with E-state index in [1.165, 1.54) is 11.1 Å². The van der Waals surface area contributed by atoms with Crippen LogP contribution in [0.4, 0.5) is 0 Å². The van der Waals surface area contributed by atoms with Gasteiger partial charge in [-0.2, -0.15) is 4.98 Å². The van der Waals surface area contributed by atoms with Crippen LogP contribution in [0.5, 0.6) is 0 Å². The molecule has 4 heteroatoms. The fraction of sp³-hybridized carbons (Fsp3) is 0.385. The van der Waals surface area contributed by atoms with Crippen LogP contribution in [0.2, 0.25) is 0 Å². The maximum atomic E-state index is 5.21. The monoisotopic (exact) mass is 294 g/mol. The molecule has 2 rings (SSSR count). The highest BCUT2D eigenvalue weighted by atomic mass is 79.9. The topological polar surface area (TPSA) is 38.9 Å². The van der Waals surface area contributed by atoms with Crippen molar-refractivity contribution < 1.29 is 4.52 Å². The van der Waals surface area contributed by atoms with Gasteiger partial charge in [0.05, 0.1) is 4.83 Å². The van der Waals surface area contributed by atoms with Crippen molar-refractivity contribution in [3.05, 3.63) is 47.1 Å². The maximum Gasteiger partial charge on any atom is 0.240 e. The molecule has 1 atom stereocenters. The van der Waals surface area contributed by atoms with Gasteiger partial charge in [-0.15, -0.1) is 0 Å². The van der Waals surface area contributed by atoms with Crippen molar-refractivity contribution in [2.45, 2.75) is 31.5 Å². The van der Waals surface area contributed by atoms with E-state index in [1.807, 2.05) is 0 Å². The summed E-state index contributed by atoms with van der Waals surface area (Å²) in [5.74, 6) is 1.40. The van der Waals surface area contributed by atoms with Gasteiger partial charge in [0.1, 0.15) is 0 Å². The zero-order chi connectivity index (χ0) is 12.3. The minimum atomic E-state index is 0.154. The number of alkyl halides is 1. The summed E-state index contributed by atoms with van der Waals surface area (Å²) in [5, 5.41) is 3.99. The van der Waals surface area contributed by atoms with Gasteiger partial charge in [0, 0.05) is 6.42 Å². The summed E-state index contributed by atoms with van der Waals surface area (Å²) < 4.78 is 5.21. The van der Waals surface area contributed by atoms with Crippen LogP contribution < -0.4 is 0 Å². The standard InChI is InChI=1S/C13H15BrN2O/c1-3-11(14)13-15-12(16-17-13)8-10-6-4-9(2)5-7-10/h4-7,11H,3,8H2,1-2H3. The lowest BCUT2D eigenvalue weighted by Gasteiger charge is -1.98. The second-order valence-corrected chi connectivity index (χ2v) is 5.19. The molecule has 0 fully saturated rings. The molecule has 3 nitrogen and oxygen atoms in total. The number of rotatable bonds is 4. The van der Waals surface area contributed by atoms with E-state index in [9.17, 15) is 0 Å². The predicted molar refractivity (Wildman–Crippen MR) is 70.2 cm³/mol. The third kappa shape index (κ3) is 3.16.